The van der Waals surface area contributed by atoms with Gasteiger partial charge in [-0.3, -0.25) is 4.98 Å². The fourth-order valence-corrected chi connectivity index (χ4v) is 3.17. The Morgan fingerprint density at radius 1 is 1.05 bits per heavy atom. The van der Waals surface area contributed by atoms with Crippen LogP contribution in [0.25, 0.3) is 10.9 Å². The molecule has 0 amide bonds. The number of pyridine rings is 1. The van der Waals surface area contributed by atoms with E-state index in [2.05, 4.69) is 29.0 Å². The van der Waals surface area contributed by atoms with Crippen molar-refractivity contribution in [3.05, 3.63) is 57.2 Å². The summed E-state index contributed by atoms with van der Waals surface area (Å²) in [7, 11) is 0. The maximum atomic E-state index is 6.35. The first kappa shape index (κ1) is 13.2. The Bertz CT molecular complexity index is 757. The molecule has 0 spiro atoms. The zero-order valence-corrected chi connectivity index (χ0v) is 12.7. The standard InChI is InChI=1S/C16H17N3S/c1-9-4-5-12-8-13(6-7-14(12)18-9)15(17)16-19-10(2)11(3)20-16/h4-8,15H,17H2,1-3H3. The zero-order valence-electron chi connectivity index (χ0n) is 11.8. The van der Waals surface area contributed by atoms with Crippen molar-refractivity contribution in [2.75, 3.05) is 0 Å². The minimum absolute atomic E-state index is 0.168. The van der Waals surface area contributed by atoms with Gasteiger partial charge in [0.2, 0.25) is 0 Å². The summed E-state index contributed by atoms with van der Waals surface area (Å²) >= 11 is 1.67. The van der Waals surface area contributed by atoms with Crippen LogP contribution in [0.1, 0.15) is 32.9 Å². The minimum Gasteiger partial charge on any atom is -0.318 e. The summed E-state index contributed by atoms with van der Waals surface area (Å²) in [6, 6.07) is 10.1. The van der Waals surface area contributed by atoms with E-state index in [-0.39, 0.29) is 6.04 Å². The lowest BCUT2D eigenvalue weighted by molar-refractivity contribution is 0.853. The highest BCUT2D eigenvalue weighted by atomic mass is 32.1. The van der Waals surface area contributed by atoms with E-state index in [0.717, 1.165) is 32.9 Å². The van der Waals surface area contributed by atoms with E-state index in [1.54, 1.807) is 11.3 Å². The van der Waals surface area contributed by atoms with Crippen molar-refractivity contribution in [2.24, 2.45) is 5.73 Å². The SMILES string of the molecule is Cc1ccc2cc(C(N)c3nc(C)c(C)s3)ccc2n1. The molecular weight excluding hydrogens is 266 g/mol. The number of hydrogen-bond donors (Lipinski definition) is 1. The topological polar surface area (TPSA) is 51.8 Å². The first-order valence-electron chi connectivity index (χ1n) is 6.61. The van der Waals surface area contributed by atoms with E-state index < -0.39 is 0 Å². The Labute approximate surface area is 122 Å². The molecule has 0 fully saturated rings. The molecular formula is C16H17N3S. The average Bonchev–Trinajstić information content (AvgIpc) is 2.77. The van der Waals surface area contributed by atoms with Crippen LogP contribution in [0.4, 0.5) is 0 Å². The highest BCUT2D eigenvalue weighted by molar-refractivity contribution is 7.11. The monoisotopic (exact) mass is 283 g/mol. The summed E-state index contributed by atoms with van der Waals surface area (Å²) in [6.07, 6.45) is 0. The Hall–Kier alpha value is -1.78. The fourth-order valence-electron chi connectivity index (χ4n) is 2.21. The molecule has 3 nitrogen and oxygen atoms in total. The molecule has 3 aromatic rings. The van der Waals surface area contributed by atoms with Gasteiger partial charge >= 0.3 is 0 Å². The van der Waals surface area contributed by atoms with Crippen LogP contribution >= 0.6 is 11.3 Å². The maximum absolute atomic E-state index is 6.35. The van der Waals surface area contributed by atoms with Gasteiger partial charge in [-0.25, -0.2) is 4.98 Å². The molecule has 2 heterocycles. The quantitative estimate of drug-likeness (QED) is 0.780. The van der Waals surface area contributed by atoms with Crippen LogP contribution in [0.5, 0.6) is 0 Å². The molecule has 1 atom stereocenters. The Morgan fingerprint density at radius 3 is 2.55 bits per heavy atom. The van der Waals surface area contributed by atoms with Crippen molar-refractivity contribution >= 4 is 22.2 Å². The van der Waals surface area contributed by atoms with Gasteiger partial charge in [0.25, 0.3) is 0 Å². The molecule has 0 aliphatic rings. The van der Waals surface area contributed by atoms with Gasteiger partial charge in [-0.15, -0.1) is 11.3 Å². The van der Waals surface area contributed by atoms with Crippen molar-refractivity contribution < 1.29 is 0 Å². The summed E-state index contributed by atoms with van der Waals surface area (Å²) in [5.74, 6) is 0. The van der Waals surface area contributed by atoms with E-state index in [1.807, 2.05) is 32.0 Å². The zero-order chi connectivity index (χ0) is 14.3. The number of fused-ring (bicyclic) bond motifs is 1. The maximum Gasteiger partial charge on any atom is 0.114 e. The molecule has 3 rings (SSSR count). The van der Waals surface area contributed by atoms with E-state index in [9.17, 15) is 0 Å². The summed E-state index contributed by atoms with van der Waals surface area (Å²) in [6.45, 7) is 6.10. The number of nitrogens with two attached hydrogens (primary N) is 1. The Kier molecular flexibility index (Phi) is 3.28. The molecule has 0 saturated heterocycles. The second-order valence-corrected chi connectivity index (χ2v) is 6.31. The van der Waals surface area contributed by atoms with Gasteiger partial charge in [-0.05, 0) is 44.5 Å². The van der Waals surface area contributed by atoms with Crippen molar-refractivity contribution in [2.45, 2.75) is 26.8 Å². The van der Waals surface area contributed by atoms with E-state index >= 15 is 0 Å². The highest BCUT2D eigenvalue weighted by Crippen LogP contribution is 2.27. The van der Waals surface area contributed by atoms with Crippen LogP contribution in [0.15, 0.2) is 30.3 Å². The number of aryl methyl sites for hydroxylation is 3. The lowest BCUT2D eigenvalue weighted by Crippen LogP contribution is -2.11. The van der Waals surface area contributed by atoms with Gasteiger partial charge in [0.05, 0.1) is 17.3 Å². The molecule has 4 heteroatoms. The second-order valence-electron chi connectivity index (χ2n) is 5.08. The van der Waals surface area contributed by atoms with Crippen LogP contribution in [0.2, 0.25) is 0 Å². The summed E-state index contributed by atoms with van der Waals surface area (Å²) in [5, 5.41) is 2.09. The van der Waals surface area contributed by atoms with Gasteiger partial charge in [0.1, 0.15) is 5.01 Å². The van der Waals surface area contributed by atoms with Crippen LogP contribution in [0, 0.1) is 20.8 Å². The van der Waals surface area contributed by atoms with Crippen molar-refractivity contribution in [3.8, 4) is 0 Å². The molecule has 2 N–H and O–H groups in total. The normalized spacial score (nSPS) is 12.8. The largest absolute Gasteiger partial charge is 0.318 e. The first-order chi connectivity index (χ1) is 9.54. The molecule has 1 aromatic carbocycles. The summed E-state index contributed by atoms with van der Waals surface area (Å²) in [4.78, 5) is 10.3. The van der Waals surface area contributed by atoms with Crippen LogP contribution in [-0.4, -0.2) is 9.97 Å². The van der Waals surface area contributed by atoms with E-state index in [4.69, 9.17) is 5.73 Å². The first-order valence-corrected chi connectivity index (χ1v) is 7.43. The molecule has 0 radical (unpaired) electrons. The lowest BCUT2D eigenvalue weighted by Gasteiger charge is -2.10. The van der Waals surface area contributed by atoms with Gasteiger partial charge in [-0.2, -0.15) is 0 Å². The molecule has 0 aliphatic carbocycles. The highest BCUT2D eigenvalue weighted by Gasteiger charge is 2.14. The van der Waals surface area contributed by atoms with Crippen LogP contribution in [-0.2, 0) is 0 Å². The van der Waals surface area contributed by atoms with Gasteiger partial charge in [-0.1, -0.05) is 12.1 Å². The third kappa shape index (κ3) is 2.32. The van der Waals surface area contributed by atoms with Gasteiger partial charge < -0.3 is 5.73 Å². The van der Waals surface area contributed by atoms with Gasteiger partial charge in [0.15, 0.2) is 0 Å². The lowest BCUT2D eigenvalue weighted by atomic mass is 10.0. The molecule has 0 bridgehead atoms. The van der Waals surface area contributed by atoms with Gasteiger partial charge in [0, 0.05) is 16.0 Å². The molecule has 102 valence electrons. The number of nitrogens with zero attached hydrogens (tertiary/aromatic N) is 2. The van der Waals surface area contributed by atoms with Crippen LogP contribution < -0.4 is 5.73 Å². The van der Waals surface area contributed by atoms with Crippen molar-refractivity contribution in [1.82, 2.24) is 9.97 Å². The third-order valence-corrected chi connectivity index (χ3v) is 4.68. The molecule has 2 aromatic heterocycles. The Morgan fingerprint density at radius 2 is 1.85 bits per heavy atom. The summed E-state index contributed by atoms with van der Waals surface area (Å²) < 4.78 is 0. The van der Waals surface area contributed by atoms with Crippen molar-refractivity contribution in [1.29, 1.82) is 0 Å². The molecule has 0 aliphatic heterocycles. The summed E-state index contributed by atoms with van der Waals surface area (Å²) in [5.41, 5.74) is 10.5. The Balaban J connectivity index is 2.03. The number of rotatable bonds is 2. The molecule has 0 saturated carbocycles. The smallest absolute Gasteiger partial charge is 0.114 e. The predicted octanol–water partition coefficient (Wildman–Crippen LogP) is 3.66. The number of hydrogen-bond acceptors (Lipinski definition) is 4. The number of aromatic nitrogens is 2. The van der Waals surface area contributed by atoms with E-state index in [0.29, 0.717) is 0 Å². The fraction of sp³-hybridized carbons (Fsp3) is 0.250. The second kappa shape index (κ2) is 4.96. The van der Waals surface area contributed by atoms with E-state index in [1.165, 1.54) is 4.88 Å². The van der Waals surface area contributed by atoms with Crippen molar-refractivity contribution in [3.63, 3.8) is 0 Å². The number of thiazole rings is 1. The minimum atomic E-state index is -0.168. The van der Waals surface area contributed by atoms with Crippen LogP contribution in [0.3, 0.4) is 0 Å². The molecule has 20 heavy (non-hydrogen) atoms. The number of benzene rings is 1. The molecule has 1 unspecified atom stereocenters. The third-order valence-electron chi connectivity index (χ3n) is 3.52. The predicted molar refractivity (Wildman–Crippen MR) is 84.1 cm³/mol. The average molecular weight is 283 g/mol.